The smallest absolute Gasteiger partial charge is 0.222 e. The molecular formula is C15H30N2O. The number of rotatable bonds is 6. The predicted octanol–water partition coefficient (Wildman–Crippen LogP) is 2.65. The summed E-state index contributed by atoms with van der Waals surface area (Å²) in [5, 5.41) is 0. The molecular weight excluding hydrogens is 224 g/mol. The van der Waals surface area contributed by atoms with Gasteiger partial charge in [0.25, 0.3) is 0 Å². The molecule has 0 aliphatic carbocycles. The highest BCUT2D eigenvalue weighted by atomic mass is 16.2. The lowest BCUT2D eigenvalue weighted by molar-refractivity contribution is -0.134. The molecule has 1 aliphatic heterocycles. The highest BCUT2D eigenvalue weighted by Crippen LogP contribution is 2.22. The van der Waals surface area contributed by atoms with E-state index < -0.39 is 0 Å². The Morgan fingerprint density at radius 2 is 2.17 bits per heavy atom. The maximum Gasteiger partial charge on any atom is 0.222 e. The van der Waals surface area contributed by atoms with Crippen LogP contribution in [0.3, 0.4) is 0 Å². The van der Waals surface area contributed by atoms with Gasteiger partial charge in [0.1, 0.15) is 0 Å². The quantitative estimate of drug-likeness (QED) is 0.792. The van der Waals surface area contributed by atoms with E-state index in [1.807, 2.05) is 0 Å². The van der Waals surface area contributed by atoms with Gasteiger partial charge in [0.05, 0.1) is 0 Å². The molecule has 1 heterocycles. The van der Waals surface area contributed by atoms with Gasteiger partial charge < -0.3 is 10.6 Å². The topological polar surface area (TPSA) is 46.3 Å². The molecule has 0 spiro atoms. The van der Waals surface area contributed by atoms with Crippen molar-refractivity contribution in [1.29, 1.82) is 0 Å². The molecule has 3 heteroatoms. The van der Waals surface area contributed by atoms with Gasteiger partial charge in [-0.05, 0) is 43.6 Å². The Kier molecular flexibility index (Phi) is 6.69. The Bertz CT molecular complexity index is 253. The second kappa shape index (κ2) is 7.78. The van der Waals surface area contributed by atoms with Gasteiger partial charge in [-0.3, -0.25) is 4.79 Å². The largest absolute Gasteiger partial charge is 0.342 e. The van der Waals surface area contributed by atoms with Crippen LogP contribution in [0, 0.1) is 17.8 Å². The minimum atomic E-state index is 0.323. The van der Waals surface area contributed by atoms with Crippen LogP contribution in [0.1, 0.15) is 52.9 Å². The zero-order valence-corrected chi connectivity index (χ0v) is 12.3. The van der Waals surface area contributed by atoms with E-state index >= 15 is 0 Å². The number of nitrogens with zero attached hydrogens (tertiary/aromatic N) is 1. The van der Waals surface area contributed by atoms with Crippen LogP contribution in [-0.4, -0.2) is 30.4 Å². The molecule has 1 amide bonds. The Balaban J connectivity index is 2.42. The molecule has 0 aromatic rings. The number of carbonyl (C=O) groups is 1. The summed E-state index contributed by atoms with van der Waals surface area (Å²) in [5.41, 5.74) is 5.78. The van der Waals surface area contributed by atoms with Crippen molar-refractivity contribution < 1.29 is 4.79 Å². The fraction of sp³-hybridized carbons (Fsp3) is 0.933. The van der Waals surface area contributed by atoms with Gasteiger partial charge in [0.2, 0.25) is 5.91 Å². The lowest BCUT2D eigenvalue weighted by Gasteiger charge is -2.33. The highest BCUT2D eigenvalue weighted by molar-refractivity contribution is 5.76. The zero-order chi connectivity index (χ0) is 13.5. The summed E-state index contributed by atoms with van der Waals surface area (Å²) in [6.45, 7) is 9.17. The van der Waals surface area contributed by atoms with Crippen LogP contribution >= 0.6 is 0 Å². The van der Waals surface area contributed by atoms with Gasteiger partial charge in [0, 0.05) is 19.5 Å². The first-order valence-electron chi connectivity index (χ1n) is 7.54. The molecule has 106 valence electrons. The fourth-order valence-corrected chi connectivity index (χ4v) is 2.93. The zero-order valence-electron chi connectivity index (χ0n) is 12.3. The van der Waals surface area contributed by atoms with Crippen LogP contribution in [0.5, 0.6) is 0 Å². The third-order valence-corrected chi connectivity index (χ3v) is 4.05. The average Bonchev–Trinajstić information content (AvgIpc) is 2.37. The molecule has 0 radical (unpaired) electrons. The number of carbonyl (C=O) groups excluding carboxylic acids is 1. The van der Waals surface area contributed by atoms with Crippen LogP contribution in [0.2, 0.25) is 0 Å². The van der Waals surface area contributed by atoms with Crippen molar-refractivity contribution in [3.05, 3.63) is 0 Å². The second-order valence-corrected chi connectivity index (χ2v) is 6.19. The number of hydrogen-bond donors (Lipinski definition) is 1. The molecule has 0 saturated carbocycles. The Labute approximate surface area is 112 Å². The minimum absolute atomic E-state index is 0.323. The summed E-state index contributed by atoms with van der Waals surface area (Å²) in [6.07, 6.45) is 5.35. The molecule has 2 unspecified atom stereocenters. The highest BCUT2D eigenvalue weighted by Gasteiger charge is 2.24. The summed E-state index contributed by atoms with van der Waals surface area (Å²) in [6, 6.07) is 0. The number of piperidine rings is 1. The van der Waals surface area contributed by atoms with Crippen molar-refractivity contribution in [1.82, 2.24) is 4.90 Å². The van der Waals surface area contributed by atoms with Crippen molar-refractivity contribution in [2.24, 2.45) is 23.5 Å². The van der Waals surface area contributed by atoms with Crippen molar-refractivity contribution >= 4 is 5.91 Å². The third-order valence-electron chi connectivity index (χ3n) is 4.05. The molecule has 1 fully saturated rings. The molecule has 2 atom stereocenters. The van der Waals surface area contributed by atoms with Gasteiger partial charge >= 0.3 is 0 Å². The molecule has 1 rings (SSSR count). The molecule has 3 nitrogen and oxygen atoms in total. The monoisotopic (exact) mass is 254 g/mol. The maximum absolute atomic E-state index is 12.3. The summed E-state index contributed by atoms with van der Waals surface area (Å²) in [4.78, 5) is 14.4. The molecule has 2 N–H and O–H groups in total. The Hall–Kier alpha value is -0.570. The standard InChI is InChI=1S/C15H30N2O/c1-4-13-6-5-7-17(11-13)15(18)9-14(10-16)8-12(2)3/h12-14H,4-11,16H2,1-3H3. The van der Waals surface area contributed by atoms with E-state index in [4.69, 9.17) is 5.73 Å². The number of hydrogen-bond acceptors (Lipinski definition) is 2. The first-order valence-corrected chi connectivity index (χ1v) is 7.54. The first-order chi connectivity index (χ1) is 8.56. The summed E-state index contributed by atoms with van der Waals surface area (Å²) >= 11 is 0. The lowest BCUT2D eigenvalue weighted by atomic mass is 9.92. The normalized spacial score (nSPS) is 22.3. The van der Waals surface area contributed by atoms with E-state index in [-0.39, 0.29) is 0 Å². The number of amides is 1. The van der Waals surface area contributed by atoms with Crippen molar-refractivity contribution in [2.75, 3.05) is 19.6 Å². The average molecular weight is 254 g/mol. The molecule has 0 aromatic carbocycles. The Morgan fingerprint density at radius 3 is 2.72 bits per heavy atom. The van der Waals surface area contributed by atoms with E-state index in [9.17, 15) is 4.79 Å². The minimum Gasteiger partial charge on any atom is -0.342 e. The van der Waals surface area contributed by atoms with Crippen LogP contribution in [0.15, 0.2) is 0 Å². The van der Waals surface area contributed by atoms with E-state index in [1.165, 1.54) is 19.3 Å². The fourth-order valence-electron chi connectivity index (χ4n) is 2.93. The van der Waals surface area contributed by atoms with Gasteiger partial charge in [-0.1, -0.05) is 27.2 Å². The van der Waals surface area contributed by atoms with Gasteiger partial charge in [-0.15, -0.1) is 0 Å². The molecule has 1 saturated heterocycles. The number of nitrogens with two attached hydrogens (primary N) is 1. The second-order valence-electron chi connectivity index (χ2n) is 6.19. The molecule has 0 aromatic heterocycles. The van der Waals surface area contributed by atoms with Crippen molar-refractivity contribution in [3.63, 3.8) is 0 Å². The molecule has 1 aliphatic rings. The van der Waals surface area contributed by atoms with Crippen molar-refractivity contribution in [2.45, 2.75) is 52.9 Å². The van der Waals surface area contributed by atoms with Gasteiger partial charge in [-0.2, -0.15) is 0 Å². The first kappa shape index (κ1) is 15.5. The SMILES string of the molecule is CCC1CCCN(C(=O)CC(CN)CC(C)C)C1. The lowest BCUT2D eigenvalue weighted by Crippen LogP contribution is -2.41. The van der Waals surface area contributed by atoms with Crippen molar-refractivity contribution in [3.8, 4) is 0 Å². The van der Waals surface area contributed by atoms with E-state index in [2.05, 4.69) is 25.7 Å². The van der Waals surface area contributed by atoms with Crippen LogP contribution in [-0.2, 0) is 4.79 Å². The van der Waals surface area contributed by atoms with Gasteiger partial charge in [-0.25, -0.2) is 0 Å². The molecule has 18 heavy (non-hydrogen) atoms. The van der Waals surface area contributed by atoms with E-state index in [0.29, 0.717) is 36.6 Å². The predicted molar refractivity (Wildman–Crippen MR) is 76.2 cm³/mol. The maximum atomic E-state index is 12.3. The Morgan fingerprint density at radius 1 is 1.44 bits per heavy atom. The third kappa shape index (κ3) is 4.97. The van der Waals surface area contributed by atoms with Crippen LogP contribution < -0.4 is 5.73 Å². The van der Waals surface area contributed by atoms with Crippen LogP contribution in [0.25, 0.3) is 0 Å². The number of likely N-dealkylation sites (tertiary alicyclic amines) is 1. The van der Waals surface area contributed by atoms with E-state index in [1.54, 1.807) is 0 Å². The van der Waals surface area contributed by atoms with Crippen LogP contribution in [0.4, 0.5) is 0 Å². The van der Waals surface area contributed by atoms with Gasteiger partial charge in [0.15, 0.2) is 0 Å². The summed E-state index contributed by atoms with van der Waals surface area (Å²) in [7, 11) is 0. The van der Waals surface area contributed by atoms with E-state index in [0.717, 1.165) is 19.5 Å². The summed E-state index contributed by atoms with van der Waals surface area (Å²) in [5.74, 6) is 2.02. The molecule has 0 bridgehead atoms. The summed E-state index contributed by atoms with van der Waals surface area (Å²) < 4.78 is 0.